The lowest BCUT2D eigenvalue weighted by Gasteiger charge is -2.24. The molecule has 1 aliphatic carbocycles. The fourth-order valence-electron chi connectivity index (χ4n) is 5.37. The lowest BCUT2D eigenvalue weighted by Crippen LogP contribution is -2.36. The molecule has 6 nitrogen and oxygen atoms in total. The van der Waals surface area contributed by atoms with Crippen molar-refractivity contribution in [2.24, 2.45) is 0 Å². The fraction of sp³-hybridized carbons (Fsp3) is 0.500. The largest absolute Gasteiger partial charge is 0.494 e. The molecule has 1 heterocycles. The number of carbonyl (C=O) groups excluding carboxylic acids is 1. The molecule has 1 atom stereocenters. The molecule has 2 amide bonds. The van der Waals surface area contributed by atoms with Crippen molar-refractivity contribution in [3.8, 4) is 5.75 Å². The number of urea groups is 1. The molecule has 2 aromatic carbocycles. The molecular weight excluding hydrogens is 428 g/mol. The fourth-order valence-corrected chi connectivity index (χ4v) is 5.37. The van der Waals surface area contributed by atoms with Crippen LogP contribution in [0.3, 0.4) is 0 Å². The highest BCUT2D eigenvalue weighted by Gasteiger charge is 2.42. The molecule has 1 N–H and O–H groups in total. The predicted molar refractivity (Wildman–Crippen MR) is 132 cm³/mol. The van der Waals surface area contributed by atoms with Crippen LogP contribution in [-0.2, 0) is 16.8 Å². The van der Waals surface area contributed by atoms with Crippen LogP contribution in [0.5, 0.6) is 5.75 Å². The first-order valence-electron chi connectivity index (χ1n) is 12.5. The van der Waals surface area contributed by atoms with Crippen LogP contribution in [0.1, 0.15) is 62.1 Å². The monoisotopic (exact) mass is 464 g/mol. The summed E-state index contributed by atoms with van der Waals surface area (Å²) in [6, 6.07) is 16.2. The Balaban J connectivity index is 1.34. The minimum Gasteiger partial charge on any atom is -0.494 e. The van der Waals surface area contributed by atoms with Crippen molar-refractivity contribution in [2.45, 2.75) is 70.4 Å². The van der Waals surface area contributed by atoms with Gasteiger partial charge in [0, 0.05) is 26.1 Å². The topological polar surface area (TPSA) is 70.1 Å². The van der Waals surface area contributed by atoms with E-state index in [1.807, 2.05) is 34.1 Å². The number of aliphatic carboxylic acids is 1. The smallest absolute Gasteiger partial charge is 0.320 e. The van der Waals surface area contributed by atoms with Crippen molar-refractivity contribution >= 4 is 12.0 Å². The van der Waals surface area contributed by atoms with E-state index in [1.54, 1.807) is 0 Å². The molecule has 1 aliphatic heterocycles. The van der Waals surface area contributed by atoms with E-state index in [0.717, 1.165) is 49.1 Å². The number of amides is 2. The van der Waals surface area contributed by atoms with Gasteiger partial charge in [-0.1, -0.05) is 61.7 Å². The van der Waals surface area contributed by atoms with Gasteiger partial charge < -0.3 is 19.6 Å². The van der Waals surface area contributed by atoms with Crippen LogP contribution in [0.4, 0.5) is 4.79 Å². The van der Waals surface area contributed by atoms with E-state index in [9.17, 15) is 14.7 Å². The molecule has 0 radical (unpaired) electrons. The molecule has 2 fully saturated rings. The van der Waals surface area contributed by atoms with E-state index >= 15 is 0 Å². The summed E-state index contributed by atoms with van der Waals surface area (Å²) in [5.74, 6) is 0.0148. The van der Waals surface area contributed by atoms with Gasteiger partial charge in [-0.15, -0.1) is 0 Å². The number of aryl methyl sites for hydroxylation is 1. The maximum Gasteiger partial charge on any atom is 0.320 e. The second-order valence-electron chi connectivity index (χ2n) is 9.75. The van der Waals surface area contributed by atoms with Gasteiger partial charge in [-0.3, -0.25) is 4.79 Å². The molecular formula is C28H36N2O4. The second-order valence-corrected chi connectivity index (χ2v) is 9.75. The maximum atomic E-state index is 13.0. The summed E-state index contributed by atoms with van der Waals surface area (Å²) in [5, 5.41) is 9.80. The van der Waals surface area contributed by atoms with Gasteiger partial charge in [0.1, 0.15) is 5.75 Å². The van der Waals surface area contributed by atoms with E-state index in [1.165, 1.54) is 5.56 Å². The molecule has 1 saturated carbocycles. The molecule has 0 aromatic heterocycles. The quantitative estimate of drug-likeness (QED) is 0.513. The Morgan fingerprint density at radius 2 is 1.76 bits per heavy atom. The van der Waals surface area contributed by atoms with Crippen molar-refractivity contribution < 1.29 is 19.4 Å². The first-order valence-corrected chi connectivity index (χ1v) is 12.5. The van der Waals surface area contributed by atoms with Crippen LogP contribution in [0.2, 0.25) is 0 Å². The first-order chi connectivity index (χ1) is 16.4. The molecule has 0 spiro atoms. The SMILES string of the molecule is CCCN1C(=O)N(Cc2ccc(C)cc2)CC1CCOc1ccc(C2(C(=O)O)CCCC2)cc1. The molecule has 34 heavy (non-hydrogen) atoms. The van der Waals surface area contributed by atoms with E-state index in [2.05, 4.69) is 38.1 Å². The van der Waals surface area contributed by atoms with Crippen molar-refractivity contribution in [3.05, 3.63) is 65.2 Å². The zero-order chi connectivity index (χ0) is 24.1. The van der Waals surface area contributed by atoms with Gasteiger partial charge in [0.15, 0.2) is 0 Å². The highest BCUT2D eigenvalue weighted by atomic mass is 16.5. The maximum absolute atomic E-state index is 13.0. The van der Waals surface area contributed by atoms with Crippen LogP contribution in [0.15, 0.2) is 48.5 Å². The zero-order valence-electron chi connectivity index (χ0n) is 20.3. The van der Waals surface area contributed by atoms with Gasteiger partial charge in [0.05, 0.1) is 18.1 Å². The summed E-state index contributed by atoms with van der Waals surface area (Å²) in [5.41, 5.74) is 2.49. The Bertz CT molecular complexity index is 980. The number of carboxylic acid groups (broad SMARTS) is 1. The predicted octanol–water partition coefficient (Wildman–Crippen LogP) is 5.38. The van der Waals surface area contributed by atoms with Crippen LogP contribution in [0.25, 0.3) is 0 Å². The van der Waals surface area contributed by atoms with Gasteiger partial charge in [-0.05, 0) is 49.4 Å². The molecule has 1 saturated heterocycles. The third kappa shape index (κ3) is 5.06. The lowest BCUT2D eigenvalue weighted by molar-refractivity contribution is -0.143. The van der Waals surface area contributed by atoms with Crippen molar-refractivity contribution in [2.75, 3.05) is 19.7 Å². The number of hydrogen-bond acceptors (Lipinski definition) is 3. The highest BCUT2D eigenvalue weighted by molar-refractivity contribution is 5.82. The van der Waals surface area contributed by atoms with Crippen LogP contribution in [-0.4, -0.2) is 52.6 Å². The molecule has 6 heteroatoms. The van der Waals surface area contributed by atoms with E-state index < -0.39 is 11.4 Å². The van der Waals surface area contributed by atoms with Crippen molar-refractivity contribution in [1.82, 2.24) is 9.80 Å². The highest BCUT2D eigenvalue weighted by Crippen LogP contribution is 2.41. The van der Waals surface area contributed by atoms with Crippen LogP contribution >= 0.6 is 0 Å². The van der Waals surface area contributed by atoms with Gasteiger partial charge in [-0.25, -0.2) is 4.79 Å². The van der Waals surface area contributed by atoms with Gasteiger partial charge in [0.25, 0.3) is 0 Å². The number of hydrogen-bond donors (Lipinski definition) is 1. The molecule has 2 aromatic rings. The zero-order valence-corrected chi connectivity index (χ0v) is 20.3. The van der Waals surface area contributed by atoms with Crippen LogP contribution in [0, 0.1) is 6.92 Å². The molecule has 2 aliphatic rings. The summed E-state index contributed by atoms with van der Waals surface area (Å²) in [6.45, 7) is 6.76. The summed E-state index contributed by atoms with van der Waals surface area (Å²) >= 11 is 0. The third-order valence-corrected chi connectivity index (χ3v) is 7.34. The van der Waals surface area contributed by atoms with Gasteiger partial charge in [-0.2, -0.15) is 0 Å². The number of ether oxygens (including phenoxy) is 1. The average molecular weight is 465 g/mol. The summed E-state index contributed by atoms with van der Waals surface area (Å²) in [4.78, 5) is 28.9. The number of nitrogens with zero attached hydrogens (tertiary/aromatic N) is 2. The second kappa shape index (κ2) is 10.5. The number of carbonyl (C=O) groups is 2. The van der Waals surface area contributed by atoms with E-state index in [0.29, 0.717) is 32.5 Å². The Morgan fingerprint density at radius 1 is 1.09 bits per heavy atom. The Hall–Kier alpha value is -3.02. The average Bonchev–Trinajstić information content (AvgIpc) is 3.44. The Morgan fingerprint density at radius 3 is 2.38 bits per heavy atom. The summed E-state index contributed by atoms with van der Waals surface area (Å²) in [6.07, 6.45) is 5.00. The van der Waals surface area contributed by atoms with Crippen LogP contribution < -0.4 is 4.74 Å². The van der Waals surface area contributed by atoms with Crippen molar-refractivity contribution in [3.63, 3.8) is 0 Å². The minimum atomic E-state index is -0.746. The normalized spacial score (nSPS) is 19.6. The lowest BCUT2D eigenvalue weighted by atomic mass is 9.79. The molecule has 4 rings (SSSR count). The van der Waals surface area contributed by atoms with Crippen molar-refractivity contribution in [1.29, 1.82) is 0 Å². The molecule has 1 unspecified atom stereocenters. The van der Waals surface area contributed by atoms with Gasteiger partial charge >= 0.3 is 12.0 Å². The Kier molecular flexibility index (Phi) is 7.44. The third-order valence-electron chi connectivity index (χ3n) is 7.34. The summed E-state index contributed by atoms with van der Waals surface area (Å²) in [7, 11) is 0. The van der Waals surface area contributed by atoms with E-state index in [-0.39, 0.29) is 12.1 Å². The first kappa shape index (κ1) is 24.1. The van der Waals surface area contributed by atoms with Gasteiger partial charge in [0.2, 0.25) is 0 Å². The summed E-state index contributed by atoms with van der Waals surface area (Å²) < 4.78 is 6.00. The molecule has 0 bridgehead atoms. The number of carboxylic acids is 1. The minimum absolute atomic E-state index is 0.104. The number of rotatable bonds is 10. The molecule has 182 valence electrons. The Labute approximate surface area is 202 Å². The standard InChI is InChI=1S/C28H36N2O4/c1-3-17-30-24(20-29(27(30)33)19-22-8-6-21(2)7-9-22)14-18-34-25-12-10-23(11-13-25)28(26(31)32)15-4-5-16-28/h6-13,24H,3-5,14-20H2,1-2H3,(H,31,32). The number of benzene rings is 2. The van der Waals surface area contributed by atoms with E-state index in [4.69, 9.17) is 4.74 Å².